The number of hydrogen-bond donors (Lipinski definition) is 1. The van der Waals surface area contributed by atoms with E-state index in [-0.39, 0.29) is 18.0 Å². The molecular weight excluding hydrogens is 241 g/mol. The van der Waals surface area contributed by atoms with E-state index in [9.17, 15) is 4.39 Å². The minimum Gasteiger partial charge on any atom is -0.490 e. The van der Waals surface area contributed by atoms with Gasteiger partial charge in [-0.15, -0.1) is 0 Å². The highest BCUT2D eigenvalue weighted by atomic mass is 19.1. The van der Waals surface area contributed by atoms with E-state index in [1.165, 1.54) is 18.9 Å². The van der Waals surface area contributed by atoms with Crippen molar-refractivity contribution in [2.45, 2.75) is 58.6 Å². The molecule has 2 nitrogen and oxygen atoms in total. The topological polar surface area (TPSA) is 35.2 Å². The molecule has 1 saturated carbocycles. The Morgan fingerprint density at radius 3 is 2.74 bits per heavy atom. The van der Waals surface area contributed by atoms with Crippen LogP contribution in [0.2, 0.25) is 0 Å². The highest BCUT2D eigenvalue weighted by molar-refractivity contribution is 5.40. The standard InChI is InChI=1S/C16H24FNO/c1-10-5-4-6-13(7-10)19-16-8-11(2)15(17)9-14(16)12(3)18/h8-10,12-13H,4-7,18H2,1-3H3. The maximum atomic E-state index is 13.6. The fourth-order valence-electron chi connectivity index (χ4n) is 2.79. The average molecular weight is 265 g/mol. The molecule has 3 heteroatoms. The summed E-state index contributed by atoms with van der Waals surface area (Å²) >= 11 is 0. The normalized spacial score (nSPS) is 25.1. The lowest BCUT2D eigenvalue weighted by Crippen LogP contribution is -2.25. The number of hydrogen-bond acceptors (Lipinski definition) is 2. The SMILES string of the molecule is Cc1cc(OC2CCCC(C)C2)c(C(C)N)cc1F. The average Bonchev–Trinajstić information content (AvgIpc) is 2.33. The van der Waals surface area contributed by atoms with Gasteiger partial charge in [-0.3, -0.25) is 0 Å². The molecule has 0 bridgehead atoms. The highest BCUT2D eigenvalue weighted by Crippen LogP contribution is 2.32. The maximum Gasteiger partial charge on any atom is 0.126 e. The summed E-state index contributed by atoms with van der Waals surface area (Å²) < 4.78 is 19.8. The van der Waals surface area contributed by atoms with Crippen molar-refractivity contribution in [1.82, 2.24) is 0 Å². The Labute approximate surface area is 115 Å². The first-order valence-electron chi connectivity index (χ1n) is 7.19. The van der Waals surface area contributed by atoms with Crippen LogP contribution in [-0.2, 0) is 0 Å². The van der Waals surface area contributed by atoms with Crippen molar-refractivity contribution < 1.29 is 9.13 Å². The van der Waals surface area contributed by atoms with Gasteiger partial charge in [0.25, 0.3) is 0 Å². The van der Waals surface area contributed by atoms with Gasteiger partial charge in [-0.05, 0) is 56.7 Å². The van der Waals surface area contributed by atoms with Gasteiger partial charge in [-0.2, -0.15) is 0 Å². The van der Waals surface area contributed by atoms with E-state index in [1.54, 1.807) is 13.0 Å². The van der Waals surface area contributed by atoms with E-state index in [1.807, 2.05) is 6.92 Å². The lowest BCUT2D eigenvalue weighted by Gasteiger charge is -2.29. The van der Waals surface area contributed by atoms with Gasteiger partial charge in [0.1, 0.15) is 11.6 Å². The van der Waals surface area contributed by atoms with Crippen molar-refractivity contribution in [3.8, 4) is 5.75 Å². The molecule has 0 aromatic heterocycles. The number of benzene rings is 1. The van der Waals surface area contributed by atoms with Gasteiger partial charge in [0.2, 0.25) is 0 Å². The zero-order valence-corrected chi connectivity index (χ0v) is 12.1. The Bertz CT molecular complexity index is 445. The Morgan fingerprint density at radius 2 is 2.11 bits per heavy atom. The van der Waals surface area contributed by atoms with E-state index in [0.29, 0.717) is 11.5 Å². The monoisotopic (exact) mass is 265 g/mol. The van der Waals surface area contributed by atoms with Crippen LogP contribution >= 0.6 is 0 Å². The quantitative estimate of drug-likeness (QED) is 0.892. The van der Waals surface area contributed by atoms with Gasteiger partial charge in [-0.25, -0.2) is 4.39 Å². The zero-order valence-electron chi connectivity index (χ0n) is 12.1. The lowest BCUT2D eigenvalue weighted by molar-refractivity contribution is 0.127. The Morgan fingerprint density at radius 1 is 1.37 bits per heavy atom. The Balaban J connectivity index is 2.20. The first-order valence-corrected chi connectivity index (χ1v) is 7.19. The van der Waals surface area contributed by atoms with Crippen LogP contribution in [0.5, 0.6) is 5.75 Å². The lowest BCUT2D eigenvalue weighted by atomic mass is 9.88. The predicted octanol–water partition coefficient (Wildman–Crippen LogP) is 4.11. The summed E-state index contributed by atoms with van der Waals surface area (Å²) in [5.74, 6) is 1.25. The number of nitrogens with two attached hydrogens (primary N) is 1. The number of ether oxygens (including phenoxy) is 1. The second-order valence-corrected chi connectivity index (χ2v) is 5.94. The predicted molar refractivity (Wildman–Crippen MR) is 75.8 cm³/mol. The molecule has 0 spiro atoms. The molecule has 0 amide bonds. The van der Waals surface area contributed by atoms with Crippen molar-refractivity contribution >= 4 is 0 Å². The molecule has 0 heterocycles. The van der Waals surface area contributed by atoms with E-state index < -0.39 is 0 Å². The Kier molecular flexibility index (Phi) is 4.46. The van der Waals surface area contributed by atoms with Crippen LogP contribution in [0.4, 0.5) is 4.39 Å². The van der Waals surface area contributed by atoms with E-state index in [0.717, 1.165) is 24.2 Å². The highest BCUT2D eigenvalue weighted by Gasteiger charge is 2.22. The molecule has 1 aromatic carbocycles. The second kappa shape index (κ2) is 5.91. The van der Waals surface area contributed by atoms with Gasteiger partial charge < -0.3 is 10.5 Å². The third-order valence-electron chi connectivity index (χ3n) is 3.96. The summed E-state index contributed by atoms with van der Waals surface area (Å²) in [6.07, 6.45) is 4.89. The van der Waals surface area contributed by atoms with Gasteiger partial charge in [-0.1, -0.05) is 13.3 Å². The molecule has 1 fully saturated rings. The number of aryl methyl sites for hydroxylation is 1. The number of rotatable bonds is 3. The van der Waals surface area contributed by atoms with Crippen LogP contribution in [-0.4, -0.2) is 6.10 Å². The summed E-state index contributed by atoms with van der Waals surface area (Å²) in [6.45, 7) is 5.88. The molecule has 106 valence electrons. The first-order chi connectivity index (χ1) is 8.97. The van der Waals surface area contributed by atoms with Crippen LogP contribution in [0.25, 0.3) is 0 Å². The molecule has 0 aliphatic heterocycles. The largest absolute Gasteiger partial charge is 0.490 e. The molecule has 19 heavy (non-hydrogen) atoms. The van der Waals surface area contributed by atoms with Gasteiger partial charge in [0, 0.05) is 11.6 Å². The van der Waals surface area contributed by atoms with Crippen LogP contribution in [0.1, 0.15) is 56.7 Å². The summed E-state index contributed by atoms with van der Waals surface area (Å²) in [6, 6.07) is 3.08. The molecule has 3 atom stereocenters. The van der Waals surface area contributed by atoms with E-state index in [4.69, 9.17) is 10.5 Å². The van der Waals surface area contributed by atoms with Gasteiger partial charge in [0.05, 0.1) is 6.10 Å². The fourth-order valence-corrected chi connectivity index (χ4v) is 2.79. The molecule has 2 N–H and O–H groups in total. The van der Waals surface area contributed by atoms with Crippen molar-refractivity contribution in [3.05, 3.63) is 29.1 Å². The summed E-state index contributed by atoms with van der Waals surface area (Å²) in [5.41, 5.74) is 7.30. The van der Waals surface area contributed by atoms with Crippen molar-refractivity contribution in [3.63, 3.8) is 0 Å². The third kappa shape index (κ3) is 3.47. The molecule has 1 aromatic rings. The van der Waals surface area contributed by atoms with Gasteiger partial charge in [0.15, 0.2) is 0 Å². The Hall–Kier alpha value is -1.09. The third-order valence-corrected chi connectivity index (χ3v) is 3.96. The van der Waals surface area contributed by atoms with Crippen LogP contribution in [0.15, 0.2) is 12.1 Å². The minimum absolute atomic E-state index is 0.211. The first kappa shape index (κ1) is 14.3. The fraction of sp³-hybridized carbons (Fsp3) is 0.625. The van der Waals surface area contributed by atoms with Crippen LogP contribution in [0.3, 0.4) is 0 Å². The molecular formula is C16H24FNO. The molecule has 2 rings (SSSR count). The van der Waals surface area contributed by atoms with E-state index in [2.05, 4.69) is 6.92 Å². The zero-order chi connectivity index (χ0) is 14.0. The van der Waals surface area contributed by atoms with E-state index >= 15 is 0 Å². The molecule has 0 saturated heterocycles. The van der Waals surface area contributed by atoms with Crippen molar-refractivity contribution in [2.24, 2.45) is 11.7 Å². The minimum atomic E-state index is -0.217. The smallest absolute Gasteiger partial charge is 0.126 e. The van der Waals surface area contributed by atoms with Crippen molar-refractivity contribution in [2.75, 3.05) is 0 Å². The maximum absolute atomic E-state index is 13.6. The summed E-state index contributed by atoms with van der Waals surface area (Å²) in [7, 11) is 0. The number of halogens is 1. The summed E-state index contributed by atoms with van der Waals surface area (Å²) in [5, 5.41) is 0. The second-order valence-electron chi connectivity index (χ2n) is 5.94. The molecule has 1 aliphatic carbocycles. The summed E-state index contributed by atoms with van der Waals surface area (Å²) in [4.78, 5) is 0. The van der Waals surface area contributed by atoms with Gasteiger partial charge >= 0.3 is 0 Å². The van der Waals surface area contributed by atoms with Crippen LogP contribution in [0, 0.1) is 18.7 Å². The van der Waals surface area contributed by atoms with Crippen molar-refractivity contribution in [1.29, 1.82) is 0 Å². The molecule has 0 radical (unpaired) electrons. The molecule has 3 unspecified atom stereocenters. The molecule has 1 aliphatic rings. The van der Waals surface area contributed by atoms with Crippen LogP contribution < -0.4 is 10.5 Å².